The zero-order valence-electron chi connectivity index (χ0n) is 11.7. The lowest BCUT2D eigenvalue weighted by atomic mass is 10.1. The van der Waals surface area contributed by atoms with Gasteiger partial charge in [-0.2, -0.15) is 0 Å². The van der Waals surface area contributed by atoms with E-state index in [1.165, 1.54) is 0 Å². The van der Waals surface area contributed by atoms with Crippen LogP contribution in [-0.4, -0.2) is 28.9 Å². The first-order valence-electron chi connectivity index (χ1n) is 6.49. The van der Waals surface area contributed by atoms with E-state index in [0.717, 1.165) is 5.56 Å². The molecule has 0 saturated carbocycles. The third kappa shape index (κ3) is 3.60. The smallest absolute Gasteiger partial charge is 0.253 e. The van der Waals surface area contributed by atoms with E-state index in [4.69, 9.17) is 10.9 Å². The lowest BCUT2D eigenvalue weighted by Crippen LogP contribution is -2.26. The molecule has 108 valence electrons. The maximum Gasteiger partial charge on any atom is 0.253 e. The van der Waals surface area contributed by atoms with Crippen LogP contribution in [0.3, 0.4) is 0 Å². The molecular weight excluding hydrogens is 266 g/mol. The van der Waals surface area contributed by atoms with Gasteiger partial charge < -0.3 is 15.8 Å². The highest BCUT2D eigenvalue weighted by Crippen LogP contribution is 2.10. The van der Waals surface area contributed by atoms with E-state index in [1.54, 1.807) is 36.2 Å². The van der Waals surface area contributed by atoms with Crippen molar-refractivity contribution in [1.29, 1.82) is 0 Å². The Hall–Kier alpha value is -2.82. The Morgan fingerprint density at radius 1 is 1.10 bits per heavy atom. The zero-order chi connectivity index (χ0) is 15.2. The fourth-order valence-corrected chi connectivity index (χ4v) is 1.99. The Morgan fingerprint density at radius 2 is 1.67 bits per heavy atom. The second kappa shape index (κ2) is 6.56. The second-order valence-corrected chi connectivity index (χ2v) is 4.71. The van der Waals surface area contributed by atoms with Gasteiger partial charge in [0.2, 0.25) is 0 Å². The quantitative estimate of drug-likeness (QED) is 0.390. The maximum absolute atomic E-state index is 12.3. The Morgan fingerprint density at radius 3 is 2.24 bits per heavy atom. The molecule has 2 aromatic carbocycles. The summed E-state index contributed by atoms with van der Waals surface area (Å²) in [5.41, 5.74) is 7.69. The predicted octanol–water partition coefficient (Wildman–Crippen LogP) is 2.05. The molecule has 21 heavy (non-hydrogen) atoms. The van der Waals surface area contributed by atoms with Gasteiger partial charge in [0.1, 0.15) is 0 Å². The summed E-state index contributed by atoms with van der Waals surface area (Å²) in [4.78, 5) is 14.0. The number of rotatable bonds is 4. The van der Waals surface area contributed by atoms with Gasteiger partial charge in [-0.15, -0.1) is 0 Å². The van der Waals surface area contributed by atoms with Gasteiger partial charge in [-0.25, -0.2) is 0 Å². The third-order valence-corrected chi connectivity index (χ3v) is 3.14. The highest BCUT2D eigenvalue weighted by atomic mass is 16.4. The number of nitrogens with two attached hydrogens (primary N) is 1. The number of carbonyl (C=O) groups excluding carboxylic acids is 1. The molecule has 2 aromatic rings. The molecule has 3 N–H and O–H groups in total. The number of nitrogens with zero attached hydrogens (tertiary/aromatic N) is 2. The van der Waals surface area contributed by atoms with Crippen LogP contribution in [0, 0.1) is 0 Å². The molecule has 5 heteroatoms. The van der Waals surface area contributed by atoms with E-state index in [0.29, 0.717) is 17.7 Å². The molecule has 0 atom stereocenters. The highest BCUT2D eigenvalue weighted by Gasteiger charge is 2.12. The third-order valence-electron chi connectivity index (χ3n) is 3.14. The predicted molar refractivity (Wildman–Crippen MR) is 81.2 cm³/mol. The molecule has 0 radical (unpaired) electrons. The van der Waals surface area contributed by atoms with Gasteiger partial charge in [0, 0.05) is 24.7 Å². The summed E-state index contributed by atoms with van der Waals surface area (Å²) in [7, 11) is 1.76. The summed E-state index contributed by atoms with van der Waals surface area (Å²) < 4.78 is 0. The molecule has 0 aliphatic rings. The number of oxime groups is 1. The van der Waals surface area contributed by atoms with Crippen LogP contribution in [-0.2, 0) is 6.54 Å². The molecule has 0 saturated heterocycles. The molecule has 0 unspecified atom stereocenters. The number of hydrogen-bond acceptors (Lipinski definition) is 3. The minimum absolute atomic E-state index is 0.0200. The minimum atomic E-state index is -0.0788. The molecule has 0 heterocycles. The molecule has 0 spiro atoms. The number of amides is 1. The Bertz CT molecular complexity index is 636. The summed E-state index contributed by atoms with van der Waals surface area (Å²) in [6, 6.07) is 16.4. The minimum Gasteiger partial charge on any atom is -0.409 e. The lowest BCUT2D eigenvalue weighted by Gasteiger charge is -2.17. The van der Waals surface area contributed by atoms with Crippen LogP contribution in [0.4, 0.5) is 0 Å². The van der Waals surface area contributed by atoms with Crippen molar-refractivity contribution in [2.45, 2.75) is 6.54 Å². The van der Waals surface area contributed by atoms with Crippen LogP contribution < -0.4 is 5.73 Å². The summed E-state index contributed by atoms with van der Waals surface area (Å²) in [6.45, 7) is 0.543. The van der Waals surface area contributed by atoms with Gasteiger partial charge in [0.05, 0.1) is 0 Å². The van der Waals surface area contributed by atoms with E-state index in [9.17, 15) is 4.79 Å². The first-order valence-corrected chi connectivity index (χ1v) is 6.49. The molecule has 2 rings (SSSR count). The zero-order valence-corrected chi connectivity index (χ0v) is 11.7. The maximum atomic E-state index is 12.3. The van der Waals surface area contributed by atoms with E-state index in [1.807, 2.05) is 30.3 Å². The Balaban J connectivity index is 2.09. The van der Waals surface area contributed by atoms with Crippen LogP contribution in [0.25, 0.3) is 0 Å². The van der Waals surface area contributed by atoms with Crippen LogP contribution in [0.15, 0.2) is 59.8 Å². The van der Waals surface area contributed by atoms with Crippen molar-refractivity contribution in [2.75, 3.05) is 7.05 Å². The molecule has 0 aliphatic carbocycles. The second-order valence-electron chi connectivity index (χ2n) is 4.71. The van der Waals surface area contributed by atoms with E-state index in [-0.39, 0.29) is 11.7 Å². The lowest BCUT2D eigenvalue weighted by molar-refractivity contribution is 0.0785. The van der Waals surface area contributed by atoms with Crippen molar-refractivity contribution in [1.82, 2.24) is 4.90 Å². The van der Waals surface area contributed by atoms with Crippen LogP contribution >= 0.6 is 0 Å². The summed E-state index contributed by atoms with van der Waals surface area (Å²) in [6.07, 6.45) is 0. The number of carbonyl (C=O) groups is 1. The average Bonchev–Trinajstić information content (AvgIpc) is 2.54. The van der Waals surface area contributed by atoms with Crippen molar-refractivity contribution in [3.05, 3.63) is 71.3 Å². The van der Waals surface area contributed by atoms with Gasteiger partial charge in [0.15, 0.2) is 5.84 Å². The molecule has 1 amide bonds. The summed E-state index contributed by atoms with van der Waals surface area (Å²) in [5.74, 6) is -0.0587. The SMILES string of the molecule is CN(Cc1ccccc1)C(=O)c1ccc(/C(N)=N/O)cc1. The Labute approximate surface area is 123 Å². The number of amidine groups is 1. The Kier molecular flexibility index (Phi) is 4.56. The van der Waals surface area contributed by atoms with Gasteiger partial charge in [0.25, 0.3) is 5.91 Å². The summed E-state index contributed by atoms with van der Waals surface area (Å²) in [5, 5.41) is 11.5. The van der Waals surface area contributed by atoms with E-state index < -0.39 is 0 Å². The van der Waals surface area contributed by atoms with Crippen molar-refractivity contribution < 1.29 is 10.0 Å². The van der Waals surface area contributed by atoms with E-state index >= 15 is 0 Å². The van der Waals surface area contributed by atoms with Crippen molar-refractivity contribution in [2.24, 2.45) is 10.9 Å². The monoisotopic (exact) mass is 283 g/mol. The van der Waals surface area contributed by atoms with Gasteiger partial charge in [-0.05, 0) is 17.7 Å². The van der Waals surface area contributed by atoms with Gasteiger partial charge in [-0.1, -0.05) is 47.6 Å². The fourth-order valence-electron chi connectivity index (χ4n) is 1.99. The first kappa shape index (κ1) is 14.6. The number of benzene rings is 2. The highest BCUT2D eigenvalue weighted by molar-refractivity contribution is 5.99. The van der Waals surface area contributed by atoms with Gasteiger partial charge >= 0.3 is 0 Å². The topological polar surface area (TPSA) is 78.9 Å². The van der Waals surface area contributed by atoms with Crippen molar-refractivity contribution in [3.63, 3.8) is 0 Å². The van der Waals surface area contributed by atoms with Crippen molar-refractivity contribution in [3.8, 4) is 0 Å². The largest absolute Gasteiger partial charge is 0.409 e. The molecule has 0 aliphatic heterocycles. The van der Waals surface area contributed by atoms with Crippen LogP contribution in [0.2, 0.25) is 0 Å². The molecular formula is C16H17N3O2. The average molecular weight is 283 g/mol. The first-order chi connectivity index (χ1) is 10.1. The number of hydrogen-bond donors (Lipinski definition) is 2. The molecule has 0 fully saturated rings. The van der Waals surface area contributed by atoms with Crippen LogP contribution in [0.5, 0.6) is 0 Å². The molecule has 0 aromatic heterocycles. The van der Waals surface area contributed by atoms with Crippen molar-refractivity contribution >= 4 is 11.7 Å². The normalized spacial score (nSPS) is 11.2. The standard InChI is InChI=1S/C16H17N3O2/c1-19(11-12-5-3-2-4-6-12)16(20)14-9-7-13(8-10-14)15(17)18-21/h2-10,21H,11H2,1H3,(H2,17,18). The van der Waals surface area contributed by atoms with Crippen LogP contribution in [0.1, 0.15) is 21.5 Å². The molecule has 0 bridgehead atoms. The fraction of sp³-hybridized carbons (Fsp3) is 0.125. The summed E-state index contributed by atoms with van der Waals surface area (Å²) >= 11 is 0. The molecule has 5 nitrogen and oxygen atoms in total. The van der Waals surface area contributed by atoms with Gasteiger partial charge in [-0.3, -0.25) is 4.79 Å². The van der Waals surface area contributed by atoms with E-state index in [2.05, 4.69) is 5.16 Å².